The summed E-state index contributed by atoms with van der Waals surface area (Å²) in [7, 11) is -2.92. The summed E-state index contributed by atoms with van der Waals surface area (Å²) in [6.07, 6.45) is 0.450. The van der Waals surface area contributed by atoms with Crippen LogP contribution < -0.4 is 15.4 Å². The first-order chi connectivity index (χ1) is 11.4. The lowest BCUT2D eigenvalue weighted by molar-refractivity contribution is 0.230. The molecule has 0 radical (unpaired) electrons. The van der Waals surface area contributed by atoms with Crippen molar-refractivity contribution in [1.82, 2.24) is 10.6 Å². The summed E-state index contributed by atoms with van der Waals surface area (Å²) in [5.74, 6) is 1.62. The summed E-state index contributed by atoms with van der Waals surface area (Å²) in [6, 6.07) is 7.21. The van der Waals surface area contributed by atoms with Gasteiger partial charge in [0, 0.05) is 12.6 Å². The van der Waals surface area contributed by atoms with Crippen LogP contribution in [-0.2, 0) is 9.84 Å². The van der Waals surface area contributed by atoms with Gasteiger partial charge in [0.1, 0.15) is 11.9 Å². The minimum Gasteiger partial charge on any atom is -0.487 e. The van der Waals surface area contributed by atoms with Crippen molar-refractivity contribution in [3.8, 4) is 5.75 Å². The van der Waals surface area contributed by atoms with Crippen LogP contribution in [-0.4, -0.2) is 51.1 Å². The van der Waals surface area contributed by atoms with Crippen molar-refractivity contribution < 1.29 is 13.2 Å². The Morgan fingerprint density at radius 2 is 2.16 bits per heavy atom. The van der Waals surface area contributed by atoms with Crippen molar-refractivity contribution in [3.05, 3.63) is 29.3 Å². The van der Waals surface area contributed by atoms with E-state index in [1.165, 1.54) is 0 Å². The Balaban J connectivity index is 0.00000312. The van der Waals surface area contributed by atoms with Crippen molar-refractivity contribution in [2.75, 3.05) is 24.6 Å². The molecule has 0 amide bonds. The van der Waals surface area contributed by atoms with Gasteiger partial charge in [0.15, 0.2) is 15.8 Å². The lowest BCUT2D eigenvalue weighted by atomic mass is 10.3. The van der Waals surface area contributed by atoms with Crippen LogP contribution in [0.2, 0.25) is 5.02 Å². The molecule has 0 aromatic heterocycles. The fourth-order valence-corrected chi connectivity index (χ4v) is 4.29. The molecule has 1 fully saturated rings. The Kier molecular flexibility index (Phi) is 9.29. The topological polar surface area (TPSA) is 79.8 Å². The number of hydrogen-bond donors (Lipinski definition) is 2. The molecular formula is C16H25ClIN3O3S. The van der Waals surface area contributed by atoms with Crippen molar-refractivity contribution in [2.24, 2.45) is 4.99 Å². The maximum Gasteiger partial charge on any atom is 0.191 e. The summed E-state index contributed by atoms with van der Waals surface area (Å²) < 4.78 is 28.9. The van der Waals surface area contributed by atoms with Gasteiger partial charge in [-0.1, -0.05) is 23.7 Å². The van der Waals surface area contributed by atoms with E-state index in [4.69, 9.17) is 16.3 Å². The Hall–Kier alpha value is -0.740. The van der Waals surface area contributed by atoms with Crippen molar-refractivity contribution >= 4 is 51.4 Å². The highest BCUT2D eigenvalue weighted by Crippen LogP contribution is 2.24. The molecule has 25 heavy (non-hydrogen) atoms. The van der Waals surface area contributed by atoms with E-state index in [1.54, 1.807) is 6.07 Å². The third kappa shape index (κ3) is 7.57. The number of sulfone groups is 1. The van der Waals surface area contributed by atoms with Gasteiger partial charge in [0.25, 0.3) is 0 Å². The van der Waals surface area contributed by atoms with Gasteiger partial charge in [-0.05, 0) is 32.4 Å². The average molecular weight is 502 g/mol. The fourth-order valence-electron chi connectivity index (χ4n) is 2.44. The standard InChI is InChI=1S/C16H24ClN3O3S.HI/c1-3-18-16(20-13-8-9-24(21,22)11-13)19-10-12(2)23-15-7-5-4-6-14(15)17;/h4-7,12-13H,3,8-11H2,1-2H3,(H2,18,19,20);1H. The number of guanidine groups is 1. The van der Waals surface area contributed by atoms with Crippen molar-refractivity contribution in [1.29, 1.82) is 0 Å². The molecule has 1 aromatic rings. The number of benzene rings is 1. The highest BCUT2D eigenvalue weighted by atomic mass is 127. The van der Waals surface area contributed by atoms with Crippen LogP contribution >= 0.6 is 35.6 Å². The quantitative estimate of drug-likeness (QED) is 0.356. The van der Waals surface area contributed by atoms with E-state index >= 15 is 0 Å². The van der Waals surface area contributed by atoms with Crippen LogP contribution in [0.4, 0.5) is 0 Å². The van der Waals surface area contributed by atoms with Gasteiger partial charge in [0.2, 0.25) is 0 Å². The molecule has 6 nitrogen and oxygen atoms in total. The van der Waals surface area contributed by atoms with E-state index in [0.717, 1.165) is 0 Å². The molecule has 0 saturated carbocycles. The molecule has 0 spiro atoms. The number of ether oxygens (including phenoxy) is 1. The van der Waals surface area contributed by atoms with Crippen LogP contribution in [0, 0.1) is 0 Å². The van der Waals surface area contributed by atoms with Gasteiger partial charge in [-0.2, -0.15) is 0 Å². The van der Waals surface area contributed by atoms with Crippen molar-refractivity contribution in [2.45, 2.75) is 32.4 Å². The van der Waals surface area contributed by atoms with E-state index in [0.29, 0.717) is 36.2 Å². The summed E-state index contributed by atoms with van der Waals surface area (Å²) in [4.78, 5) is 4.48. The first-order valence-corrected chi connectivity index (χ1v) is 10.3. The summed E-state index contributed by atoms with van der Waals surface area (Å²) in [6.45, 7) is 5.01. The molecule has 2 atom stereocenters. The molecule has 142 valence electrons. The van der Waals surface area contributed by atoms with Crippen LogP contribution in [0.25, 0.3) is 0 Å². The van der Waals surface area contributed by atoms with Gasteiger partial charge in [-0.25, -0.2) is 13.4 Å². The van der Waals surface area contributed by atoms with Gasteiger partial charge < -0.3 is 15.4 Å². The maximum atomic E-state index is 11.5. The monoisotopic (exact) mass is 501 g/mol. The summed E-state index contributed by atoms with van der Waals surface area (Å²) in [5.41, 5.74) is 0. The highest BCUT2D eigenvalue weighted by molar-refractivity contribution is 14.0. The van der Waals surface area contributed by atoms with E-state index in [1.807, 2.05) is 32.0 Å². The van der Waals surface area contributed by atoms with Crippen LogP contribution in [0.3, 0.4) is 0 Å². The lowest BCUT2D eigenvalue weighted by Crippen LogP contribution is -2.44. The first kappa shape index (κ1) is 22.3. The molecule has 1 heterocycles. The normalized spacial score (nSPS) is 20.4. The molecule has 2 unspecified atom stereocenters. The van der Waals surface area contributed by atoms with Gasteiger partial charge in [-0.3, -0.25) is 0 Å². The molecule has 2 rings (SSSR count). The van der Waals surface area contributed by atoms with E-state index in [-0.39, 0.29) is 47.6 Å². The minimum absolute atomic E-state index is 0. The van der Waals surface area contributed by atoms with Gasteiger partial charge in [0.05, 0.1) is 23.1 Å². The molecule has 1 aromatic carbocycles. The molecule has 1 saturated heterocycles. The Morgan fingerprint density at radius 3 is 2.76 bits per heavy atom. The third-order valence-corrected chi connectivity index (χ3v) is 5.67. The number of halogens is 2. The number of rotatable bonds is 6. The fraction of sp³-hybridized carbons (Fsp3) is 0.562. The van der Waals surface area contributed by atoms with Crippen LogP contribution in [0.5, 0.6) is 5.75 Å². The predicted octanol–water partition coefficient (Wildman–Crippen LogP) is 2.47. The second kappa shape index (κ2) is 10.4. The second-order valence-electron chi connectivity index (χ2n) is 5.82. The zero-order valence-corrected chi connectivity index (χ0v) is 18.3. The maximum absolute atomic E-state index is 11.5. The zero-order chi connectivity index (χ0) is 17.6. The average Bonchev–Trinajstić information content (AvgIpc) is 2.86. The molecule has 1 aliphatic heterocycles. The number of aliphatic imine (C=N–C) groups is 1. The highest BCUT2D eigenvalue weighted by Gasteiger charge is 2.28. The Morgan fingerprint density at radius 1 is 1.44 bits per heavy atom. The molecule has 2 N–H and O–H groups in total. The molecule has 1 aliphatic rings. The smallest absolute Gasteiger partial charge is 0.191 e. The van der Waals surface area contributed by atoms with Crippen molar-refractivity contribution in [3.63, 3.8) is 0 Å². The third-order valence-electron chi connectivity index (χ3n) is 3.59. The Bertz CT molecular complexity index is 685. The minimum atomic E-state index is -2.92. The van der Waals surface area contributed by atoms with Crippen LogP contribution in [0.1, 0.15) is 20.3 Å². The van der Waals surface area contributed by atoms with Crippen LogP contribution in [0.15, 0.2) is 29.3 Å². The molecule has 0 aliphatic carbocycles. The largest absolute Gasteiger partial charge is 0.487 e. The number of para-hydroxylation sites is 1. The summed E-state index contributed by atoms with van der Waals surface area (Å²) >= 11 is 6.08. The lowest BCUT2D eigenvalue weighted by Gasteiger charge is -2.18. The van der Waals surface area contributed by atoms with E-state index in [2.05, 4.69) is 15.6 Å². The first-order valence-electron chi connectivity index (χ1n) is 8.06. The zero-order valence-electron chi connectivity index (χ0n) is 14.4. The SMILES string of the molecule is CCNC(=NCC(C)Oc1ccccc1Cl)NC1CCS(=O)(=O)C1.I. The summed E-state index contributed by atoms with van der Waals surface area (Å²) in [5, 5.41) is 6.88. The number of nitrogens with zero attached hydrogens (tertiary/aromatic N) is 1. The molecular weight excluding hydrogens is 477 g/mol. The van der Waals surface area contributed by atoms with E-state index in [9.17, 15) is 8.42 Å². The second-order valence-corrected chi connectivity index (χ2v) is 8.46. The number of nitrogens with one attached hydrogen (secondary N) is 2. The van der Waals surface area contributed by atoms with Gasteiger partial charge in [-0.15, -0.1) is 24.0 Å². The predicted molar refractivity (Wildman–Crippen MR) is 113 cm³/mol. The molecule has 0 bridgehead atoms. The Labute approximate surface area is 171 Å². The molecule has 9 heteroatoms. The van der Waals surface area contributed by atoms with Gasteiger partial charge >= 0.3 is 0 Å². The number of hydrogen-bond acceptors (Lipinski definition) is 4. The van der Waals surface area contributed by atoms with E-state index < -0.39 is 9.84 Å².